The van der Waals surface area contributed by atoms with Crippen molar-refractivity contribution in [2.45, 2.75) is 32.9 Å². The fraction of sp³-hybridized carbons (Fsp3) is 0.478. The van der Waals surface area contributed by atoms with Crippen LogP contribution < -0.4 is 4.90 Å². The van der Waals surface area contributed by atoms with E-state index < -0.39 is 0 Å². The number of nitrogens with zero attached hydrogens (tertiary/aromatic N) is 7. The number of aryl methyl sites for hydroxylation is 2. The number of imidazole rings is 1. The van der Waals surface area contributed by atoms with Gasteiger partial charge in [0.05, 0.1) is 29.6 Å². The molecule has 0 radical (unpaired) electrons. The maximum absolute atomic E-state index is 5.90. The minimum Gasteiger partial charge on any atom is -0.382 e. The summed E-state index contributed by atoms with van der Waals surface area (Å²) in [5.74, 6) is 2.29. The number of ether oxygens (including phenoxy) is 2. The van der Waals surface area contributed by atoms with Crippen molar-refractivity contribution in [3.8, 4) is 22.2 Å². The molecule has 0 aliphatic carbocycles. The van der Waals surface area contributed by atoms with Crippen molar-refractivity contribution in [2.24, 2.45) is 7.05 Å². The van der Waals surface area contributed by atoms with E-state index in [0.29, 0.717) is 31.6 Å². The SMILES string of the molecule is COCC1CN(c2nc(-c3nccn3C)nc3sc(-c4ccn(C(C)C)n4)c(C)c23)CCO1. The Bertz CT molecular complexity index is 1270. The molecule has 1 saturated heterocycles. The van der Waals surface area contributed by atoms with Gasteiger partial charge in [-0.2, -0.15) is 5.10 Å². The van der Waals surface area contributed by atoms with Crippen molar-refractivity contribution in [1.82, 2.24) is 29.3 Å². The Balaban J connectivity index is 1.67. The first kappa shape index (κ1) is 22.0. The first-order valence-corrected chi connectivity index (χ1v) is 12.0. The van der Waals surface area contributed by atoms with Gasteiger partial charge in [0.1, 0.15) is 16.3 Å². The Morgan fingerprint density at radius 1 is 1.27 bits per heavy atom. The van der Waals surface area contributed by atoms with Crippen molar-refractivity contribution in [1.29, 1.82) is 0 Å². The van der Waals surface area contributed by atoms with Crippen LogP contribution in [0, 0.1) is 6.92 Å². The second kappa shape index (κ2) is 8.85. The van der Waals surface area contributed by atoms with E-state index in [1.54, 1.807) is 24.6 Å². The lowest BCUT2D eigenvalue weighted by atomic mass is 10.1. The van der Waals surface area contributed by atoms with Crippen LogP contribution in [0.5, 0.6) is 0 Å². The van der Waals surface area contributed by atoms with Crippen LogP contribution in [-0.4, -0.2) is 68.8 Å². The molecule has 4 aromatic rings. The summed E-state index contributed by atoms with van der Waals surface area (Å²) in [6.45, 7) is 9.07. The first-order chi connectivity index (χ1) is 16.0. The van der Waals surface area contributed by atoms with E-state index in [1.165, 1.54) is 0 Å². The summed E-state index contributed by atoms with van der Waals surface area (Å²) >= 11 is 1.66. The van der Waals surface area contributed by atoms with Gasteiger partial charge in [-0.3, -0.25) is 4.68 Å². The molecule has 9 nitrogen and oxygen atoms in total. The lowest BCUT2D eigenvalue weighted by Crippen LogP contribution is -2.45. The molecule has 1 aliphatic heterocycles. The third-order valence-corrected chi connectivity index (χ3v) is 7.16. The number of rotatable bonds is 6. The Hall–Kier alpha value is -2.82. The minimum absolute atomic E-state index is 0.00512. The summed E-state index contributed by atoms with van der Waals surface area (Å²) in [4.78, 5) is 18.8. The molecule has 1 aliphatic rings. The molecule has 1 atom stereocenters. The van der Waals surface area contributed by atoms with Crippen LogP contribution in [0.15, 0.2) is 24.7 Å². The van der Waals surface area contributed by atoms with Gasteiger partial charge in [0.2, 0.25) is 0 Å². The Kier molecular flexibility index (Phi) is 5.90. The summed E-state index contributed by atoms with van der Waals surface area (Å²) in [5, 5.41) is 5.89. The predicted octanol–water partition coefficient (Wildman–Crippen LogP) is 3.70. The third kappa shape index (κ3) is 4.03. The highest BCUT2D eigenvalue weighted by Crippen LogP contribution is 2.41. The molecule has 5 rings (SSSR count). The fourth-order valence-electron chi connectivity index (χ4n) is 4.22. The third-order valence-electron chi connectivity index (χ3n) is 5.95. The van der Waals surface area contributed by atoms with E-state index in [1.807, 2.05) is 28.7 Å². The Morgan fingerprint density at radius 3 is 2.82 bits per heavy atom. The average molecular weight is 468 g/mol. The maximum atomic E-state index is 5.90. The van der Waals surface area contributed by atoms with E-state index in [9.17, 15) is 0 Å². The monoisotopic (exact) mass is 467 g/mol. The number of anilines is 1. The quantitative estimate of drug-likeness (QED) is 0.428. The Morgan fingerprint density at radius 2 is 2.12 bits per heavy atom. The van der Waals surface area contributed by atoms with Crippen LogP contribution in [0.3, 0.4) is 0 Å². The molecule has 33 heavy (non-hydrogen) atoms. The van der Waals surface area contributed by atoms with E-state index >= 15 is 0 Å². The highest BCUT2D eigenvalue weighted by atomic mass is 32.1. The van der Waals surface area contributed by atoms with Crippen molar-refractivity contribution in [2.75, 3.05) is 38.3 Å². The van der Waals surface area contributed by atoms with Crippen LogP contribution in [0.25, 0.3) is 32.4 Å². The molecule has 4 aromatic heterocycles. The Labute approximate surface area is 197 Å². The molecule has 0 saturated carbocycles. The van der Waals surface area contributed by atoms with Crippen molar-refractivity contribution < 1.29 is 9.47 Å². The van der Waals surface area contributed by atoms with Crippen LogP contribution in [0.4, 0.5) is 5.82 Å². The summed E-state index contributed by atoms with van der Waals surface area (Å²) < 4.78 is 15.2. The topological polar surface area (TPSA) is 83.1 Å². The van der Waals surface area contributed by atoms with Crippen LogP contribution in [-0.2, 0) is 16.5 Å². The maximum Gasteiger partial charge on any atom is 0.199 e. The zero-order chi connectivity index (χ0) is 23.1. The molecule has 1 unspecified atom stereocenters. The lowest BCUT2D eigenvalue weighted by molar-refractivity contribution is -0.0101. The summed E-state index contributed by atoms with van der Waals surface area (Å²) in [6, 6.07) is 2.39. The van der Waals surface area contributed by atoms with Crippen molar-refractivity contribution >= 4 is 27.4 Å². The second-order valence-electron chi connectivity index (χ2n) is 8.64. The second-order valence-corrected chi connectivity index (χ2v) is 9.64. The molecule has 174 valence electrons. The molecule has 1 fully saturated rings. The summed E-state index contributed by atoms with van der Waals surface area (Å²) in [7, 11) is 3.67. The number of methoxy groups -OCH3 is 1. The molecular weight excluding hydrogens is 438 g/mol. The fourth-order valence-corrected chi connectivity index (χ4v) is 5.36. The van der Waals surface area contributed by atoms with Gasteiger partial charge in [0.15, 0.2) is 11.6 Å². The van der Waals surface area contributed by atoms with Crippen LogP contribution in [0.1, 0.15) is 25.5 Å². The molecule has 5 heterocycles. The van der Waals surface area contributed by atoms with Gasteiger partial charge in [-0.1, -0.05) is 0 Å². The standard InChI is InChI=1S/C23H29N7O2S/c1-14(2)30-8-6-17(27-30)19-15(3)18-21(29-10-11-32-16(12-29)13-31-5)25-20(26-23(18)33-19)22-24-7-9-28(22)4/h6-9,14,16H,10-13H2,1-5H3. The van der Waals surface area contributed by atoms with Crippen LogP contribution >= 0.6 is 11.3 Å². The van der Waals surface area contributed by atoms with Gasteiger partial charge < -0.3 is 18.9 Å². The number of aromatic nitrogens is 6. The van der Waals surface area contributed by atoms with E-state index in [2.05, 4.69) is 36.7 Å². The summed E-state index contributed by atoms with van der Waals surface area (Å²) in [6.07, 6.45) is 5.73. The molecule has 0 amide bonds. The zero-order valence-electron chi connectivity index (χ0n) is 19.6. The number of thiophene rings is 1. The van der Waals surface area contributed by atoms with Gasteiger partial charge in [0, 0.05) is 51.9 Å². The smallest absolute Gasteiger partial charge is 0.199 e. The van der Waals surface area contributed by atoms with Crippen molar-refractivity contribution in [3.63, 3.8) is 0 Å². The molecule has 0 N–H and O–H groups in total. The van der Waals surface area contributed by atoms with E-state index in [0.717, 1.165) is 44.5 Å². The number of hydrogen-bond acceptors (Lipinski definition) is 8. The lowest BCUT2D eigenvalue weighted by Gasteiger charge is -2.34. The number of hydrogen-bond donors (Lipinski definition) is 0. The van der Waals surface area contributed by atoms with Gasteiger partial charge in [-0.15, -0.1) is 11.3 Å². The zero-order valence-corrected chi connectivity index (χ0v) is 20.5. The molecular formula is C23H29N7O2S. The number of morpholine rings is 1. The molecule has 0 spiro atoms. The number of fused-ring (bicyclic) bond motifs is 1. The largest absolute Gasteiger partial charge is 0.382 e. The predicted molar refractivity (Wildman–Crippen MR) is 130 cm³/mol. The average Bonchev–Trinajstić information content (AvgIpc) is 3.52. The van der Waals surface area contributed by atoms with Gasteiger partial charge in [-0.25, -0.2) is 15.0 Å². The highest BCUT2D eigenvalue weighted by molar-refractivity contribution is 7.22. The van der Waals surface area contributed by atoms with Gasteiger partial charge in [0.25, 0.3) is 0 Å². The molecule has 0 bridgehead atoms. The van der Waals surface area contributed by atoms with Gasteiger partial charge >= 0.3 is 0 Å². The highest BCUT2D eigenvalue weighted by Gasteiger charge is 2.27. The van der Waals surface area contributed by atoms with Crippen LogP contribution in [0.2, 0.25) is 0 Å². The van der Waals surface area contributed by atoms with E-state index in [-0.39, 0.29) is 6.10 Å². The van der Waals surface area contributed by atoms with E-state index in [4.69, 9.17) is 24.5 Å². The van der Waals surface area contributed by atoms with Gasteiger partial charge in [-0.05, 0) is 32.4 Å². The van der Waals surface area contributed by atoms with Crippen molar-refractivity contribution in [3.05, 3.63) is 30.2 Å². The molecule has 0 aromatic carbocycles. The first-order valence-electron chi connectivity index (χ1n) is 11.2. The minimum atomic E-state index is 0.00512. The molecule has 10 heteroatoms. The summed E-state index contributed by atoms with van der Waals surface area (Å²) in [5.41, 5.74) is 2.12. The normalized spacial score (nSPS) is 16.9.